The van der Waals surface area contributed by atoms with Crippen LogP contribution in [0.3, 0.4) is 0 Å². The molecule has 0 bridgehead atoms. The van der Waals surface area contributed by atoms with Crippen molar-refractivity contribution in [3.63, 3.8) is 0 Å². The summed E-state index contributed by atoms with van der Waals surface area (Å²) < 4.78 is 5.79. The van der Waals surface area contributed by atoms with E-state index in [-0.39, 0.29) is 11.6 Å². The molecule has 2 aliphatic rings. The number of likely N-dealkylation sites (tertiary alicyclic amines) is 1. The Bertz CT molecular complexity index is 279. The van der Waals surface area contributed by atoms with Gasteiger partial charge in [-0.25, -0.2) is 0 Å². The highest BCUT2D eigenvalue weighted by Gasteiger charge is 2.46. The van der Waals surface area contributed by atoms with E-state index in [1.807, 2.05) is 0 Å². The number of piperidine rings is 1. The number of nitrogens with zero attached hydrogens (tertiary/aromatic N) is 1. The molecule has 0 aromatic heterocycles. The van der Waals surface area contributed by atoms with Crippen molar-refractivity contribution in [2.75, 3.05) is 26.2 Å². The van der Waals surface area contributed by atoms with Gasteiger partial charge in [0.05, 0.1) is 11.6 Å². The van der Waals surface area contributed by atoms with Crippen LogP contribution >= 0.6 is 0 Å². The van der Waals surface area contributed by atoms with Crippen molar-refractivity contribution in [1.82, 2.24) is 4.90 Å². The topological polar surface area (TPSA) is 38.5 Å². The van der Waals surface area contributed by atoms with Gasteiger partial charge in [0.1, 0.15) is 0 Å². The first kappa shape index (κ1) is 14.3. The number of rotatable bonds is 2. The van der Waals surface area contributed by atoms with Crippen molar-refractivity contribution >= 4 is 0 Å². The van der Waals surface area contributed by atoms with Gasteiger partial charge in [-0.1, -0.05) is 20.8 Å². The molecule has 2 atom stereocenters. The van der Waals surface area contributed by atoms with Crippen LogP contribution in [0.4, 0.5) is 0 Å². The molecule has 2 heterocycles. The first-order valence-corrected chi connectivity index (χ1v) is 7.47. The van der Waals surface area contributed by atoms with Gasteiger partial charge in [0.25, 0.3) is 0 Å². The van der Waals surface area contributed by atoms with Crippen LogP contribution < -0.4 is 5.73 Å². The van der Waals surface area contributed by atoms with E-state index in [0.29, 0.717) is 5.41 Å². The zero-order valence-electron chi connectivity index (χ0n) is 12.5. The third-order valence-corrected chi connectivity index (χ3v) is 5.36. The summed E-state index contributed by atoms with van der Waals surface area (Å²) in [6.45, 7) is 13.3. The summed E-state index contributed by atoms with van der Waals surface area (Å²) in [7, 11) is 0. The summed E-state index contributed by atoms with van der Waals surface area (Å²) in [5.41, 5.74) is 6.65. The number of nitrogens with two attached hydrogens (primary N) is 1. The summed E-state index contributed by atoms with van der Waals surface area (Å²) in [4.78, 5) is 2.62. The van der Waals surface area contributed by atoms with Gasteiger partial charge in [0, 0.05) is 13.2 Å². The van der Waals surface area contributed by atoms with Crippen LogP contribution in [0, 0.1) is 11.3 Å². The summed E-state index contributed by atoms with van der Waals surface area (Å²) >= 11 is 0. The highest BCUT2D eigenvalue weighted by atomic mass is 16.5. The van der Waals surface area contributed by atoms with E-state index in [4.69, 9.17) is 10.5 Å². The fourth-order valence-electron chi connectivity index (χ4n) is 3.77. The van der Waals surface area contributed by atoms with Gasteiger partial charge in [0.2, 0.25) is 0 Å². The van der Waals surface area contributed by atoms with E-state index in [1.54, 1.807) is 0 Å². The van der Waals surface area contributed by atoms with Gasteiger partial charge in [-0.3, -0.25) is 4.90 Å². The smallest absolute Gasteiger partial charge is 0.0743 e. The Kier molecular flexibility index (Phi) is 4.05. The van der Waals surface area contributed by atoms with Crippen molar-refractivity contribution in [2.24, 2.45) is 17.1 Å². The van der Waals surface area contributed by atoms with Crippen molar-refractivity contribution < 1.29 is 4.74 Å². The zero-order chi connectivity index (χ0) is 13.4. The Labute approximate surface area is 112 Å². The summed E-state index contributed by atoms with van der Waals surface area (Å²) in [6, 6.07) is 0. The van der Waals surface area contributed by atoms with Crippen molar-refractivity contribution in [3.8, 4) is 0 Å². The second kappa shape index (κ2) is 5.10. The first-order valence-electron chi connectivity index (χ1n) is 7.47. The predicted molar refractivity (Wildman–Crippen MR) is 75.6 cm³/mol. The summed E-state index contributed by atoms with van der Waals surface area (Å²) in [5.74, 6) is 0.848. The molecular weight excluding hydrogens is 224 g/mol. The number of ether oxygens (including phenoxy) is 1. The lowest BCUT2D eigenvalue weighted by atomic mass is 9.74. The maximum Gasteiger partial charge on any atom is 0.0743 e. The minimum Gasteiger partial charge on any atom is -0.376 e. The maximum absolute atomic E-state index is 6.09. The molecule has 2 rings (SSSR count). The molecule has 106 valence electrons. The monoisotopic (exact) mass is 254 g/mol. The average Bonchev–Trinajstić information content (AvgIpc) is 2.71. The molecule has 18 heavy (non-hydrogen) atoms. The van der Waals surface area contributed by atoms with Crippen molar-refractivity contribution in [3.05, 3.63) is 0 Å². The van der Waals surface area contributed by atoms with E-state index in [0.717, 1.165) is 25.5 Å². The molecule has 0 amide bonds. The Balaban J connectivity index is 2.00. The Hall–Kier alpha value is -0.120. The molecule has 2 fully saturated rings. The molecule has 2 N–H and O–H groups in total. The molecule has 0 aliphatic carbocycles. The van der Waals surface area contributed by atoms with Crippen LogP contribution in [0.1, 0.15) is 47.0 Å². The lowest BCUT2D eigenvalue weighted by Crippen LogP contribution is -2.60. The van der Waals surface area contributed by atoms with Crippen molar-refractivity contribution in [2.45, 2.75) is 58.6 Å². The maximum atomic E-state index is 6.09. The molecule has 2 saturated heterocycles. The first-order chi connectivity index (χ1) is 8.40. The van der Waals surface area contributed by atoms with Gasteiger partial charge < -0.3 is 10.5 Å². The van der Waals surface area contributed by atoms with Crippen LogP contribution in [0.5, 0.6) is 0 Å². The van der Waals surface area contributed by atoms with Gasteiger partial charge in [-0.15, -0.1) is 0 Å². The molecular formula is C15H30N2O. The number of hydrogen-bond acceptors (Lipinski definition) is 3. The minimum atomic E-state index is 0.114. The minimum absolute atomic E-state index is 0.114. The second-order valence-corrected chi connectivity index (χ2v) is 7.20. The molecule has 2 unspecified atom stereocenters. The third kappa shape index (κ3) is 2.45. The second-order valence-electron chi connectivity index (χ2n) is 7.20. The standard InChI is InChI=1S/C15H30N2O/c1-12-15(11-16,7-10-18-12)17-8-5-13(6-9-17)14(2,3)4/h12-13H,5-11,16H2,1-4H3. The van der Waals surface area contributed by atoms with Crippen molar-refractivity contribution in [1.29, 1.82) is 0 Å². The molecule has 0 aromatic rings. The molecule has 3 nitrogen and oxygen atoms in total. The van der Waals surface area contributed by atoms with E-state index < -0.39 is 0 Å². The molecule has 0 saturated carbocycles. The van der Waals surface area contributed by atoms with Crippen LogP contribution in [0.2, 0.25) is 0 Å². The van der Waals surface area contributed by atoms with E-state index in [2.05, 4.69) is 32.6 Å². The van der Waals surface area contributed by atoms with Crippen LogP contribution in [0.15, 0.2) is 0 Å². The van der Waals surface area contributed by atoms with E-state index in [1.165, 1.54) is 25.9 Å². The fraction of sp³-hybridized carbons (Fsp3) is 1.00. The average molecular weight is 254 g/mol. The van der Waals surface area contributed by atoms with E-state index >= 15 is 0 Å². The Morgan fingerprint density at radius 2 is 1.89 bits per heavy atom. The summed E-state index contributed by atoms with van der Waals surface area (Å²) in [5, 5.41) is 0. The normalized spacial score (nSPS) is 36.2. The lowest BCUT2D eigenvalue weighted by Gasteiger charge is -2.48. The largest absolute Gasteiger partial charge is 0.376 e. The molecule has 0 spiro atoms. The number of hydrogen-bond donors (Lipinski definition) is 1. The van der Waals surface area contributed by atoms with Gasteiger partial charge in [-0.05, 0) is 50.6 Å². The molecule has 3 heteroatoms. The lowest BCUT2D eigenvalue weighted by molar-refractivity contribution is -0.0146. The molecule has 0 radical (unpaired) electrons. The SMILES string of the molecule is CC1OCCC1(CN)N1CCC(C(C)(C)C)CC1. The third-order valence-electron chi connectivity index (χ3n) is 5.36. The van der Waals surface area contributed by atoms with Crippen LogP contribution in [-0.2, 0) is 4.74 Å². The van der Waals surface area contributed by atoms with Gasteiger partial charge in [-0.2, -0.15) is 0 Å². The van der Waals surface area contributed by atoms with Gasteiger partial charge >= 0.3 is 0 Å². The Morgan fingerprint density at radius 1 is 1.28 bits per heavy atom. The van der Waals surface area contributed by atoms with E-state index in [9.17, 15) is 0 Å². The Morgan fingerprint density at radius 3 is 2.28 bits per heavy atom. The summed E-state index contributed by atoms with van der Waals surface area (Å²) in [6.07, 6.45) is 3.99. The predicted octanol–water partition coefficient (Wildman–Crippen LogP) is 2.25. The quantitative estimate of drug-likeness (QED) is 0.821. The highest BCUT2D eigenvalue weighted by molar-refractivity contribution is 5.02. The molecule has 2 aliphatic heterocycles. The van der Waals surface area contributed by atoms with Crippen LogP contribution in [0.25, 0.3) is 0 Å². The molecule has 0 aromatic carbocycles. The fourth-order valence-corrected chi connectivity index (χ4v) is 3.77. The zero-order valence-corrected chi connectivity index (χ0v) is 12.5. The van der Waals surface area contributed by atoms with Crippen LogP contribution in [-0.4, -0.2) is 42.8 Å². The van der Waals surface area contributed by atoms with Gasteiger partial charge in [0.15, 0.2) is 0 Å². The highest BCUT2D eigenvalue weighted by Crippen LogP contribution is 2.39.